The highest BCUT2D eigenvalue weighted by Crippen LogP contribution is 2.54. The molecule has 3 fully saturated rings. The lowest BCUT2D eigenvalue weighted by atomic mass is 9.59. The van der Waals surface area contributed by atoms with Crippen molar-refractivity contribution in [3.8, 4) is 0 Å². The second-order valence-corrected chi connectivity index (χ2v) is 10.7. The van der Waals surface area contributed by atoms with Crippen LogP contribution in [-0.2, 0) is 15.7 Å². The van der Waals surface area contributed by atoms with Gasteiger partial charge in [0.15, 0.2) is 0 Å². The van der Waals surface area contributed by atoms with Crippen LogP contribution in [0.4, 0.5) is 18.9 Å². The number of benzene rings is 1. The number of halogens is 3. The zero-order valence-electron chi connectivity index (χ0n) is 19.4. The Bertz CT molecular complexity index is 938. The number of ether oxygens (including phenoxy) is 1. The molecule has 0 radical (unpaired) electrons. The average Bonchev–Trinajstić information content (AvgIpc) is 3.06. The van der Waals surface area contributed by atoms with Gasteiger partial charge in [-0.15, -0.1) is 0 Å². The minimum absolute atomic E-state index is 0.0204. The zero-order valence-corrected chi connectivity index (χ0v) is 19.4. The Balaban J connectivity index is 1.24. The number of carbonyl (C=O) groups is 1. The molecule has 0 unspecified atom stereocenters. The van der Waals surface area contributed by atoms with Gasteiger partial charge in [0.2, 0.25) is 0 Å². The quantitative estimate of drug-likeness (QED) is 0.460. The number of esters is 1. The Morgan fingerprint density at radius 3 is 2.67 bits per heavy atom. The molecule has 1 aromatic carbocycles. The van der Waals surface area contributed by atoms with Crippen LogP contribution in [0.15, 0.2) is 35.9 Å². The van der Waals surface area contributed by atoms with Crippen LogP contribution in [0.2, 0.25) is 0 Å². The van der Waals surface area contributed by atoms with E-state index in [1.54, 1.807) is 6.07 Å². The van der Waals surface area contributed by atoms with E-state index in [4.69, 9.17) is 4.74 Å². The van der Waals surface area contributed by atoms with Crippen molar-refractivity contribution in [2.24, 2.45) is 23.2 Å². The maximum atomic E-state index is 13.1. The molecule has 4 aliphatic rings. The lowest BCUT2D eigenvalue weighted by molar-refractivity contribution is -0.145. The third-order valence-corrected chi connectivity index (χ3v) is 8.45. The molecule has 2 aliphatic carbocycles. The first kappa shape index (κ1) is 22.8. The molecule has 0 spiro atoms. The van der Waals surface area contributed by atoms with Crippen molar-refractivity contribution in [1.29, 1.82) is 0 Å². The van der Waals surface area contributed by atoms with Crippen LogP contribution in [0.25, 0.3) is 0 Å². The minimum atomic E-state index is -4.34. The SMILES string of the molecule is C[C@H]1CCC[C@@]2(C)C[C@H]3OC(=O)[C@H](CN4CCN(c5cccc(C(F)(F)F)c5)CC4)[C@@H]3C=C12. The average molecular weight is 463 g/mol. The Morgan fingerprint density at radius 1 is 1.18 bits per heavy atom. The van der Waals surface area contributed by atoms with E-state index in [1.165, 1.54) is 37.0 Å². The fourth-order valence-corrected chi connectivity index (χ4v) is 6.60. The van der Waals surface area contributed by atoms with Crippen LogP contribution in [0.5, 0.6) is 0 Å². The summed E-state index contributed by atoms with van der Waals surface area (Å²) in [6.07, 6.45) is 2.58. The summed E-state index contributed by atoms with van der Waals surface area (Å²) < 4.78 is 45.1. The fraction of sp³-hybridized carbons (Fsp3) is 0.654. The molecule has 2 aliphatic heterocycles. The lowest BCUT2D eigenvalue weighted by Crippen LogP contribution is -2.49. The standard InChI is InChI=1S/C26H33F3N2O2/c1-17-5-4-8-25(2)15-23-20(14-22(17)25)21(24(32)33-23)16-30-9-11-31(12-10-30)19-7-3-6-18(13-19)26(27,28)29/h3,6-7,13-14,17,20-21,23H,4-5,8-12,15-16H2,1-2H3/t17-,20-,21+,23+,25-/m0/s1. The number of alkyl halides is 3. The van der Waals surface area contributed by atoms with Crippen LogP contribution in [0.3, 0.4) is 0 Å². The van der Waals surface area contributed by atoms with Gasteiger partial charge in [0, 0.05) is 44.3 Å². The number of hydrogen-bond acceptors (Lipinski definition) is 4. The van der Waals surface area contributed by atoms with E-state index < -0.39 is 11.7 Å². The number of allylic oxidation sites excluding steroid dienone is 1. The molecule has 2 saturated heterocycles. The van der Waals surface area contributed by atoms with E-state index in [2.05, 4.69) is 24.8 Å². The predicted octanol–water partition coefficient (Wildman–Crippen LogP) is 5.14. The molecule has 5 rings (SSSR count). The first-order valence-electron chi connectivity index (χ1n) is 12.2. The summed E-state index contributed by atoms with van der Waals surface area (Å²) in [5.74, 6) is 0.470. The third-order valence-electron chi connectivity index (χ3n) is 8.45. The molecule has 0 N–H and O–H groups in total. The molecule has 2 heterocycles. The van der Waals surface area contributed by atoms with Crippen LogP contribution < -0.4 is 4.90 Å². The molecule has 4 nitrogen and oxygen atoms in total. The van der Waals surface area contributed by atoms with Crippen LogP contribution >= 0.6 is 0 Å². The van der Waals surface area contributed by atoms with Gasteiger partial charge in [0.05, 0.1) is 11.5 Å². The van der Waals surface area contributed by atoms with Gasteiger partial charge in [0.25, 0.3) is 0 Å². The summed E-state index contributed by atoms with van der Waals surface area (Å²) in [5.41, 5.74) is 1.67. The highest BCUT2D eigenvalue weighted by molar-refractivity contribution is 5.76. The van der Waals surface area contributed by atoms with Gasteiger partial charge in [-0.3, -0.25) is 9.69 Å². The van der Waals surface area contributed by atoms with Crippen LogP contribution in [0.1, 0.15) is 45.1 Å². The van der Waals surface area contributed by atoms with Crippen LogP contribution in [-0.4, -0.2) is 49.7 Å². The van der Waals surface area contributed by atoms with Crippen molar-refractivity contribution in [3.63, 3.8) is 0 Å². The van der Waals surface area contributed by atoms with Gasteiger partial charge in [0.1, 0.15) is 6.10 Å². The Kier molecular flexibility index (Phi) is 5.74. The van der Waals surface area contributed by atoms with Crippen LogP contribution in [0, 0.1) is 23.2 Å². The molecule has 1 aromatic rings. The highest BCUT2D eigenvalue weighted by atomic mass is 19.4. The molecule has 1 saturated carbocycles. The fourth-order valence-electron chi connectivity index (χ4n) is 6.60. The second-order valence-electron chi connectivity index (χ2n) is 10.7. The highest BCUT2D eigenvalue weighted by Gasteiger charge is 2.52. The van der Waals surface area contributed by atoms with E-state index in [-0.39, 0.29) is 29.3 Å². The number of hydrogen-bond donors (Lipinski definition) is 0. The number of fused-ring (bicyclic) bond motifs is 2. The van der Waals surface area contributed by atoms with Gasteiger partial charge >= 0.3 is 12.1 Å². The lowest BCUT2D eigenvalue weighted by Gasteiger charge is -2.46. The maximum Gasteiger partial charge on any atom is 0.416 e. The molecule has 0 aromatic heterocycles. The monoisotopic (exact) mass is 462 g/mol. The summed E-state index contributed by atoms with van der Waals surface area (Å²) in [5, 5.41) is 0. The molecular weight excluding hydrogens is 429 g/mol. The van der Waals surface area contributed by atoms with Gasteiger partial charge < -0.3 is 9.64 Å². The van der Waals surface area contributed by atoms with Crippen molar-refractivity contribution >= 4 is 11.7 Å². The number of piperazine rings is 1. The zero-order chi connectivity index (χ0) is 23.4. The van der Waals surface area contributed by atoms with Crippen molar-refractivity contribution in [2.75, 3.05) is 37.6 Å². The summed E-state index contributed by atoms with van der Waals surface area (Å²) >= 11 is 0. The van der Waals surface area contributed by atoms with Crippen molar-refractivity contribution in [3.05, 3.63) is 41.5 Å². The first-order valence-corrected chi connectivity index (χ1v) is 12.2. The molecule has 0 bridgehead atoms. The summed E-state index contributed by atoms with van der Waals surface area (Å²) in [6, 6.07) is 5.54. The van der Waals surface area contributed by atoms with E-state index in [0.29, 0.717) is 31.2 Å². The predicted molar refractivity (Wildman–Crippen MR) is 121 cm³/mol. The number of anilines is 1. The Labute approximate surface area is 193 Å². The first-order chi connectivity index (χ1) is 15.6. The largest absolute Gasteiger partial charge is 0.461 e. The van der Waals surface area contributed by atoms with E-state index in [1.807, 2.05) is 4.90 Å². The maximum absolute atomic E-state index is 13.1. The summed E-state index contributed by atoms with van der Waals surface area (Å²) in [6.45, 7) is 8.04. The normalized spacial score (nSPS) is 35.0. The van der Waals surface area contributed by atoms with Gasteiger partial charge in [-0.2, -0.15) is 13.2 Å². The molecule has 180 valence electrons. The molecule has 5 atom stereocenters. The van der Waals surface area contributed by atoms with E-state index in [0.717, 1.165) is 25.6 Å². The summed E-state index contributed by atoms with van der Waals surface area (Å²) in [4.78, 5) is 17.1. The second kappa shape index (κ2) is 8.33. The van der Waals surface area contributed by atoms with Crippen molar-refractivity contribution in [2.45, 2.75) is 51.8 Å². The minimum Gasteiger partial charge on any atom is -0.461 e. The van der Waals surface area contributed by atoms with Crippen molar-refractivity contribution < 1.29 is 22.7 Å². The molecule has 7 heteroatoms. The molecular formula is C26H33F3N2O2. The van der Waals surface area contributed by atoms with E-state index >= 15 is 0 Å². The van der Waals surface area contributed by atoms with Gasteiger partial charge in [-0.25, -0.2) is 0 Å². The summed E-state index contributed by atoms with van der Waals surface area (Å²) in [7, 11) is 0. The Morgan fingerprint density at radius 2 is 1.94 bits per heavy atom. The number of carbonyl (C=O) groups excluding carboxylic acids is 1. The number of nitrogens with zero attached hydrogens (tertiary/aromatic N) is 2. The Hall–Kier alpha value is -2.02. The van der Waals surface area contributed by atoms with E-state index in [9.17, 15) is 18.0 Å². The molecule has 0 amide bonds. The third kappa shape index (κ3) is 4.29. The smallest absolute Gasteiger partial charge is 0.416 e. The van der Waals surface area contributed by atoms with Gasteiger partial charge in [-0.1, -0.05) is 38.0 Å². The number of rotatable bonds is 3. The van der Waals surface area contributed by atoms with Crippen molar-refractivity contribution in [1.82, 2.24) is 4.90 Å². The molecule has 33 heavy (non-hydrogen) atoms. The van der Waals surface area contributed by atoms with Gasteiger partial charge in [-0.05, 0) is 48.8 Å². The topological polar surface area (TPSA) is 32.8 Å².